The van der Waals surface area contributed by atoms with E-state index in [1.54, 1.807) is 0 Å². The number of carbonyl (C=O) groups is 2. The minimum Gasteiger partial charge on any atom is -0.496 e. The number of ether oxygens (including phenoxy) is 1. The van der Waals surface area contributed by atoms with Crippen molar-refractivity contribution in [3.8, 4) is 17.0 Å². The summed E-state index contributed by atoms with van der Waals surface area (Å²) >= 11 is 0. The number of aryl methyl sites for hydroxylation is 1. The predicted octanol–water partition coefficient (Wildman–Crippen LogP) is 4.93. The van der Waals surface area contributed by atoms with Crippen LogP contribution in [-0.4, -0.2) is 48.9 Å². The molecule has 0 aliphatic heterocycles. The lowest BCUT2D eigenvalue weighted by molar-refractivity contribution is -0.122. The molecule has 2 aliphatic carbocycles. The Kier molecular flexibility index (Phi) is 8.16. The van der Waals surface area contributed by atoms with Crippen LogP contribution in [0.15, 0.2) is 53.7 Å². The maximum absolute atomic E-state index is 15.0. The fourth-order valence-corrected chi connectivity index (χ4v) is 6.79. The number of fused-ring (bicyclic) bond motifs is 2. The highest BCUT2D eigenvalue weighted by molar-refractivity contribution is 7.92. The number of sulfone groups is 1. The fraction of sp³-hybridized carbons (Fsp3) is 0.379. The zero-order chi connectivity index (χ0) is 31.1. The minimum absolute atomic E-state index is 0.0206. The van der Waals surface area contributed by atoms with Crippen LogP contribution in [0.1, 0.15) is 42.2 Å². The molecule has 1 aromatic heterocycles. The van der Waals surface area contributed by atoms with Crippen molar-refractivity contribution in [2.45, 2.75) is 49.1 Å². The molecule has 228 valence electrons. The van der Waals surface area contributed by atoms with Gasteiger partial charge in [-0.25, -0.2) is 12.8 Å². The number of nitrogens with zero attached hydrogens (tertiary/aromatic N) is 2. The van der Waals surface area contributed by atoms with E-state index in [1.165, 1.54) is 31.6 Å². The molecule has 2 bridgehead atoms. The molecule has 14 heteroatoms. The maximum atomic E-state index is 15.0. The molecule has 2 saturated carbocycles. The maximum Gasteiger partial charge on any atom is 0.501 e. The summed E-state index contributed by atoms with van der Waals surface area (Å²) in [6, 6.07) is 5.70. The molecule has 2 aliphatic rings. The average molecular weight is 621 g/mol. The second-order valence-electron chi connectivity index (χ2n) is 10.6. The Bertz CT molecular complexity index is 1660. The number of hydrogen-bond donors (Lipinski definition) is 2. The van der Waals surface area contributed by atoms with Crippen LogP contribution in [-0.2, 0) is 21.1 Å². The van der Waals surface area contributed by atoms with E-state index >= 15 is 0 Å². The molecule has 3 aromatic rings. The quantitative estimate of drug-likeness (QED) is 0.342. The Morgan fingerprint density at radius 3 is 2.47 bits per heavy atom. The largest absolute Gasteiger partial charge is 0.501 e. The van der Waals surface area contributed by atoms with Crippen LogP contribution < -0.4 is 15.4 Å². The Morgan fingerprint density at radius 2 is 1.81 bits per heavy atom. The molecule has 0 spiro atoms. The molecule has 0 saturated heterocycles. The van der Waals surface area contributed by atoms with E-state index in [0.717, 1.165) is 30.7 Å². The molecule has 43 heavy (non-hydrogen) atoms. The van der Waals surface area contributed by atoms with E-state index in [0.29, 0.717) is 25.0 Å². The van der Waals surface area contributed by atoms with Crippen molar-refractivity contribution in [2.24, 2.45) is 17.8 Å². The molecule has 0 unspecified atom stereocenters. The lowest BCUT2D eigenvalue weighted by atomic mass is 9.83. The van der Waals surface area contributed by atoms with E-state index in [4.69, 9.17) is 4.74 Å². The van der Waals surface area contributed by atoms with Crippen LogP contribution in [0.2, 0.25) is 0 Å². The van der Waals surface area contributed by atoms with Crippen LogP contribution in [0, 0.1) is 23.6 Å². The number of carbonyl (C=O) groups excluding carboxylic acids is 2. The number of halogens is 4. The van der Waals surface area contributed by atoms with Crippen LogP contribution in [0.25, 0.3) is 11.3 Å². The van der Waals surface area contributed by atoms with Crippen molar-refractivity contribution < 1.29 is 40.3 Å². The van der Waals surface area contributed by atoms with E-state index in [9.17, 15) is 35.6 Å². The minimum atomic E-state index is -5.61. The normalized spacial score (nSPS) is 21.4. The molecule has 4 atom stereocenters. The number of rotatable bonds is 8. The van der Waals surface area contributed by atoms with Gasteiger partial charge < -0.3 is 15.4 Å². The first-order valence-corrected chi connectivity index (χ1v) is 15.0. The van der Waals surface area contributed by atoms with Gasteiger partial charge in [0.25, 0.3) is 15.7 Å². The van der Waals surface area contributed by atoms with Gasteiger partial charge in [0.1, 0.15) is 11.6 Å². The average Bonchev–Trinajstić information content (AvgIpc) is 3.58. The van der Waals surface area contributed by atoms with Gasteiger partial charge in [0, 0.05) is 29.6 Å². The van der Waals surface area contributed by atoms with Gasteiger partial charge in [0.15, 0.2) is 0 Å². The number of anilines is 1. The van der Waals surface area contributed by atoms with Gasteiger partial charge in [-0.3, -0.25) is 19.6 Å². The van der Waals surface area contributed by atoms with Crippen molar-refractivity contribution >= 4 is 27.3 Å². The monoisotopic (exact) mass is 620 g/mol. The summed E-state index contributed by atoms with van der Waals surface area (Å²) in [7, 11) is -4.32. The first-order valence-electron chi connectivity index (χ1n) is 13.6. The first kappa shape index (κ1) is 30.4. The van der Waals surface area contributed by atoms with Crippen molar-refractivity contribution in [1.29, 1.82) is 0 Å². The van der Waals surface area contributed by atoms with Gasteiger partial charge in [-0.2, -0.15) is 13.2 Å². The van der Waals surface area contributed by atoms with Crippen LogP contribution in [0.3, 0.4) is 0 Å². The topological polar surface area (TPSA) is 127 Å². The van der Waals surface area contributed by atoms with Crippen molar-refractivity contribution in [3.63, 3.8) is 0 Å². The van der Waals surface area contributed by atoms with E-state index < -0.39 is 49.8 Å². The second kappa shape index (κ2) is 11.5. The number of methoxy groups -OCH3 is 1. The highest BCUT2D eigenvalue weighted by Crippen LogP contribution is 2.49. The molecular formula is C29H28F4N4O5S. The molecule has 9 nitrogen and oxygen atoms in total. The highest BCUT2D eigenvalue weighted by Gasteiger charge is 2.52. The van der Waals surface area contributed by atoms with Crippen LogP contribution in [0.4, 0.5) is 23.2 Å². The van der Waals surface area contributed by atoms with Crippen molar-refractivity contribution in [1.82, 2.24) is 15.3 Å². The molecule has 2 fully saturated rings. The Balaban J connectivity index is 1.39. The summed E-state index contributed by atoms with van der Waals surface area (Å²) in [5.41, 5.74) is -4.63. The van der Waals surface area contributed by atoms with E-state index in [2.05, 4.69) is 20.6 Å². The zero-order valence-electron chi connectivity index (χ0n) is 23.1. The Labute approximate surface area is 245 Å². The number of aromatic nitrogens is 2. The van der Waals surface area contributed by atoms with Crippen LogP contribution in [0.5, 0.6) is 5.75 Å². The lowest BCUT2D eigenvalue weighted by Gasteiger charge is -2.31. The molecule has 2 amide bonds. The third-order valence-electron chi connectivity index (χ3n) is 8.11. The standard InChI is InChI=1S/C29H28F4N4O5S/c1-3-17-13-35-23(14-34-17)20-11-21(24(42-2)12-22(20)30)27(38)37-26-16-8-7-15(9-16)25(26)28(39)36-18-5-4-6-19(10-18)43(40,41)29(31,32)33/h4-6,10-16,25-26H,3,7-9H2,1-2H3,(H,36,39)(H,37,38)/t15-,16+,25+,26-/m1/s1. The number of alkyl halides is 3. The molecule has 2 aromatic carbocycles. The SMILES string of the molecule is CCc1cnc(-c2cc(C(=O)N[C@@H]3[C@H]4CC[C@H](C4)[C@@H]3C(=O)Nc3cccc(S(=O)(=O)C(F)(F)F)c3)c(OC)cc2F)cn1. The van der Waals surface area contributed by atoms with Crippen molar-refractivity contribution in [2.75, 3.05) is 12.4 Å². The van der Waals surface area contributed by atoms with E-state index in [1.807, 2.05) is 6.92 Å². The summed E-state index contributed by atoms with van der Waals surface area (Å²) in [6.45, 7) is 1.90. The lowest BCUT2D eigenvalue weighted by Crippen LogP contribution is -2.48. The molecular weight excluding hydrogens is 592 g/mol. The summed E-state index contributed by atoms with van der Waals surface area (Å²) in [5, 5.41) is 5.44. The van der Waals surface area contributed by atoms with Crippen molar-refractivity contribution in [3.05, 3.63) is 65.9 Å². The second-order valence-corrected chi connectivity index (χ2v) is 12.5. The summed E-state index contributed by atoms with van der Waals surface area (Å²) in [5.74, 6) is -2.73. The number of amides is 2. The number of nitrogens with one attached hydrogen (secondary N) is 2. The zero-order valence-corrected chi connectivity index (χ0v) is 23.9. The third-order valence-corrected chi connectivity index (χ3v) is 9.59. The number of benzene rings is 2. The predicted molar refractivity (Wildman–Crippen MR) is 147 cm³/mol. The van der Waals surface area contributed by atoms with E-state index in [-0.39, 0.29) is 40.1 Å². The summed E-state index contributed by atoms with van der Waals surface area (Å²) in [6.07, 6.45) is 5.69. The molecule has 1 heterocycles. The molecule has 5 rings (SSSR count). The van der Waals surface area contributed by atoms with Gasteiger partial charge in [-0.05, 0) is 61.8 Å². The Morgan fingerprint density at radius 1 is 1.07 bits per heavy atom. The van der Waals surface area contributed by atoms with Gasteiger partial charge in [0.2, 0.25) is 5.91 Å². The summed E-state index contributed by atoms with van der Waals surface area (Å²) < 4.78 is 83.1. The molecule has 0 radical (unpaired) electrons. The van der Waals surface area contributed by atoms with Gasteiger partial charge in [-0.1, -0.05) is 13.0 Å². The highest BCUT2D eigenvalue weighted by atomic mass is 32.2. The third kappa shape index (κ3) is 5.79. The molecule has 2 N–H and O–H groups in total. The van der Waals surface area contributed by atoms with Gasteiger partial charge in [0.05, 0.1) is 41.1 Å². The smallest absolute Gasteiger partial charge is 0.496 e. The van der Waals surface area contributed by atoms with Crippen LogP contribution >= 0.6 is 0 Å². The Hall–Kier alpha value is -4.07. The van der Waals surface area contributed by atoms with Gasteiger partial charge in [-0.15, -0.1) is 0 Å². The summed E-state index contributed by atoms with van der Waals surface area (Å²) in [4.78, 5) is 34.5. The fourth-order valence-electron chi connectivity index (χ4n) is 5.98. The number of hydrogen-bond acceptors (Lipinski definition) is 7. The van der Waals surface area contributed by atoms with Gasteiger partial charge >= 0.3 is 5.51 Å². The first-order chi connectivity index (χ1) is 20.3.